The fourth-order valence-corrected chi connectivity index (χ4v) is 4.46. The van der Waals surface area contributed by atoms with Crippen LogP contribution in [0, 0.1) is 35.0 Å². The number of nitrogens with one attached hydrogen (secondary N) is 1. The molecule has 0 aromatic heterocycles. The number of nitriles is 1. The number of aryl methyl sites for hydroxylation is 1. The molecule has 3 atom stereocenters. The van der Waals surface area contributed by atoms with E-state index in [1.807, 2.05) is 18.2 Å². The highest BCUT2D eigenvalue weighted by atomic mass is 15.0. The van der Waals surface area contributed by atoms with Crippen molar-refractivity contribution in [1.29, 1.82) is 5.26 Å². The summed E-state index contributed by atoms with van der Waals surface area (Å²) in [6, 6.07) is 8.71. The quantitative estimate of drug-likeness (QED) is 0.857. The van der Waals surface area contributed by atoms with Crippen LogP contribution < -0.4 is 5.32 Å². The van der Waals surface area contributed by atoms with Crippen molar-refractivity contribution in [2.75, 3.05) is 5.32 Å². The maximum Gasteiger partial charge on any atom is 0.0992 e. The summed E-state index contributed by atoms with van der Waals surface area (Å²) in [4.78, 5) is 0. The van der Waals surface area contributed by atoms with E-state index in [4.69, 9.17) is 5.26 Å². The van der Waals surface area contributed by atoms with Gasteiger partial charge < -0.3 is 5.32 Å². The lowest BCUT2D eigenvalue weighted by molar-refractivity contribution is 0.142. The van der Waals surface area contributed by atoms with Crippen LogP contribution in [-0.2, 0) is 0 Å². The second-order valence-corrected chi connectivity index (χ2v) is 7.45. The van der Waals surface area contributed by atoms with Crippen LogP contribution in [0.25, 0.3) is 0 Å². The van der Waals surface area contributed by atoms with E-state index in [9.17, 15) is 0 Å². The van der Waals surface area contributed by atoms with E-state index in [0.717, 1.165) is 17.2 Å². The predicted molar refractivity (Wildman–Crippen MR) is 82.5 cm³/mol. The summed E-state index contributed by atoms with van der Waals surface area (Å²) in [7, 11) is 0. The Morgan fingerprint density at radius 2 is 2.05 bits per heavy atom. The first kappa shape index (κ1) is 13.5. The highest BCUT2D eigenvalue weighted by molar-refractivity contribution is 5.56. The van der Waals surface area contributed by atoms with Gasteiger partial charge in [-0.2, -0.15) is 5.26 Å². The second-order valence-electron chi connectivity index (χ2n) is 7.45. The highest BCUT2D eigenvalue weighted by Crippen LogP contribution is 2.65. The Kier molecular flexibility index (Phi) is 2.87. The van der Waals surface area contributed by atoms with Crippen molar-refractivity contribution in [3.8, 4) is 6.07 Å². The van der Waals surface area contributed by atoms with E-state index in [2.05, 4.69) is 39.1 Å². The van der Waals surface area contributed by atoms with E-state index >= 15 is 0 Å². The van der Waals surface area contributed by atoms with Crippen LogP contribution in [0.2, 0.25) is 0 Å². The Hall–Kier alpha value is -1.49. The van der Waals surface area contributed by atoms with Crippen molar-refractivity contribution in [3.05, 3.63) is 29.3 Å². The summed E-state index contributed by atoms with van der Waals surface area (Å²) in [5, 5.41) is 12.8. The highest BCUT2D eigenvalue weighted by Gasteiger charge is 2.61. The van der Waals surface area contributed by atoms with Gasteiger partial charge in [0.2, 0.25) is 0 Å². The van der Waals surface area contributed by atoms with Crippen LogP contribution >= 0.6 is 0 Å². The van der Waals surface area contributed by atoms with Gasteiger partial charge in [0.05, 0.1) is 11.6 Å². The summed E-state index contributed by atoms with van der Waals surface area (Å²) in [5.74, 6) is 0.837. The molecule has 2 aliphatic carbocycles. The topological polar surface area (TPSA) is 35.8 Å². The maximum absolute atomic E-state index is 9.08. The Labute approximate surface area is 122 Å². The molecule has 2 heteroatoms. The minimum atomic E-state index is 0.368. The third kappa shape index (κ3) is 1.69. The van der Waals surface area contributed by atoms with Crippen LogP contribution in [0.15, 0.2) is 18.2 Å². The minimum Gasteiger partial charge on any atom is -0.381 e. The molecule has 2 fully saturated rings. The molecule has 1 aromatic carbocycles. The van der Waals surface area contributed by atoms with Gasteiger partial charge in [-0.1, -0.05) is 26.8 Å². The van der Waals surface area contributed by atoms with Crippen LogP contribution in [0.1, 0.15) is 51.2 Å². The zero-order chi connectivity index (χ0) is 14.5. The van der Waals surface area contributed by atoms with E-state index in [-0.39, 0.29) is 0 Å². The summed E-state index contributed by atoms with van der Waals surface area (Å²) in [6.07, 6.45) is 3.96. The zero-order valence-corrected chi connectivity index (χ0v) is 13.0. The van der Waals surface area contributed by atoms with Crippen LogP contribution in [-0.4, -0.2) is 6.04 Å². The molecule has 0 saturated heterocycles. The van der Waals surface area contributed by atoms with Crippen molar-refractivity contribution in [2.24, 2.45) is 16.7 Å². The molecule has 1 aromatic rings. The summed E-state index contributed by atoms with van der Waals surface area (Å²) in [6.45, 7) is 9.43. The second kappa shape index (κ2) is 4.25. The number of nitrogens with zero attached hydrogens (tertiary/aromatic N) is 1. The molecule has 20 heavy (non-hydrogen) atoms. The lowest BCUT2D eigenvalue weighted by Gasteiger charge is -2.40. The van der Waals surface area contributed by atoms with Crippen molar-refractivity contribution >= 4 is 5.69 Å². The molecule has 2 aliphatic rings. The number of anilines is 1. The first-order valence-corrected chi connectivity index (χ1v) is 7.66. The molecule has 0 spiro atoms. The molecule has 2 bridgehead atoms. The smallest absolute Gasteiger partial charge is 0.0992 e. The van der Waals surface area contributed by atoms with E-state index < -0.39 is 0 Å². The molecular formula is C18H24N2. The summed E-state index contributed by atoms with van der Waals surface area (Å²) < 4.78 is 0. The molecule has 3 unspecified atom stereocenters. The van der Waals surface area contributed by atoms with Gasteiger partial charge in [0.25, 0.3) is 0 Å². The van der Waals surface area contributed by atoms with Crippen molar-refractivity contribution in [2.45, 2.75) is 53.0 Å². The van der Waals surface area contributed by atoms with Crippen molar-refractivity contribution in [1.82, 2.24) is 0 Å². The molecule has 2 nitrogen and oxygen atoms in total. The lowest BCUT2D eigenvalue weighted by atomic mass is 9.69. The molecule has 0 aliphatic heterocycles. The van der Waals surface area contributed by atoms with Gasteiger partial charge in [0, 0.05) is 11.7 Å². The van der Waals surface area contributed by atoms with Gasteiger partial charge in [-0.15, -0.1) is 0 Å². The summed E-state index contributed by atoms with van der Waals surface area (Å²) >= 11 is 0. The first-order chi connectivity index (χ1) is 9.38. The molecule has 3 rings (SSSR count). The average molecular weight is 268 g/mol. The lowest BCUT2D eigenvalue weighted by Crippen LogP contribution is -2.40. The number of hydrogen-bond donors (Lipinski definition) is 1. The fourth-order valence-electron chi connectivity index (χ4n) is 4.46. The number of hydrogen-bond acceptors (Lipinski definition) is 2. The van der Waals surface area contributed by atoms with Gasteiger partial charge in [-0.25, -0.2) is 0 Å². The van der Waals surface area contributed by atoms with Gasteiger partial charge in [-0.05, 0) is 60.6 Å². The maximum atomic E-state index is 9.08. The van der Waals surface area contributed by atoms with Gasteiger partial charge in [0.15, 0.2) is 0 Å². The SMILES string of the molecule is Cc1ccc(C#N)cc1NC1CC2CCC1(C)C2(C)C. The van der Waals surface area contributed by atoms with Gasteiger partial charge in [0.1, 0.15) is 0 Å². The molecular weight excluding hydrogens is 244 g/mol. The molecule has 1 N–H and O–H groups in total. The average Bonchev–Trinajstić information content (AvgIpc) is 2.74. The van der Waals surface area contributed by atoms with E-state index in [1.54, 1.807) is 0 Å². The molecule has 0 heterocycles. The minimum absolute atomic E-state index is 0.368. The van der Waals surface area contributed by atoms with Crippen LogP contribution in [0.3, 0.4) is 0 Å². The third-order valence-electron chi connectivity index (χ3n) is 6.49. The molecule has 106 valence electrons. The Morgan fingerprint density at radius 3 is 2.60 bits per heavy atom. The summed E-state index contributed by atoms with van der Waals surface area (Å²) in [5.41, 5.74) is 3.90. The number of fused-ring (bicyclic) bond motifs is 2. The normalized spacial score (nSPS) is 34.0. The van der Waals surface area contributed by atoms with Gasteiger partial charge in [-0.3, -0.25) is 0 Å². The fraction of sp³-hybridized carbons (Fsp3) is 0.611. The van der Waals surface area contributed by atoms with Crippen molar-refractivity contribution < 1.29 is 0 Å². The molecule has 0 radical (unpaired) electrons. The van der Waals surface area contributed by atoms with Crippen LogP contribution in [0.4, 0.5) is 5.69 Å². The van der Waals surface area contributed by atoms with Crippen molar-refractivity contribution in [3.63, 3.8) is 0 Å². The Morgan fingerprint density at radius 1 is 1.30 bits per heavy atom. The van der Waals surface area contributed by atoms with E-state index in [1.165, 1.54) is 24.8 Å². The molecule has 0 amide bonds. The Balaban J connectivity index is 1.89. The standard InChI is InChI=1S/C18H24N2/c1-12-5-6-13(11-19)9-15(12)20-16-10-14-7-8-18(16,4)17(14,2)3/h5-6,9,14,16,20H,7-8,10H2,1-4H3. The predicted octanol–water partition coefficient (Wildman–Crippen LogP) is 4.49. The first-order valence-electron chi connectivity index (χ1n) is 7.66. The molecule has 2 saturated carbocycles. The number of benzene rings is 1. The zero-order valence-electron chi connectivity index (χ0n) is 13.0. The largest absolute Gasteiger partial charge is 0.381 e. The van der Waals surface area contributed by atoms with Crippen LogP contribution in [0.5, 0.6) is 0 Å². The van der Waals surface area contributed by atoms with Gasteiger partial charge >= 0.3 is 0 Å². The monoisotopic (exact) mass is 268 g/mol. The number of rotatable bonds is 2. The van der Waals surface area contributed by atoms with E-state index in [0.29, 0.717) is 16.9 Å². The third-order valence-corrected chi connectivity index (χ3v) is 6.49. The Bertz CT molecular complexity index is 582.